The molecule has 2 unspecified atom stereocenters. The van der Waals surface area contributed by atoms with E-state index in [2.05, 4.69) is 16.9 Å². The minimum Gasteiger partial charge on any atom is -0.477 e. The van der Waals surface area contributed by atoms with Crippen LogP contribution in [0.15, 0.2) is 6.07 Å². The Morgan fingerprint density at radius 3 is 2.75 bits per heavy atom. The van der Waals surface area contributed by atoms with E-state index in [1.807, 2.05) is 6.92 Å². The smallest absolute Gasteiger partial charge is 0.354 e. The Kier molecular flexibility index (Phi) is 2.90. The minimum absolute atomic E-state index is 0.113. The molecular weight excluding hydrogens is 204 g/mol. The number of rotatable bonds is 2. The Morgan fingerprint density at radius 1 is 1.44 bits per heavy atom. The number of aromatic carboxylic acids is 1. The molecule has 1 aromatic rings. The van der Waals surface area contributed by atoms with Crippen LogP contribution >= 0.6 is 0 Å². The molecule has 1 aliphatic rings. The van der Waals surface area contributed by atoms with E-state index in [1.54, 1.807) is 0 Å². The molecule has 86 valence electrons. The van der Waals surface area contributed by atoms with Crippen molar-refractivity contribution < 1.29 is 9.90 Å². The van der Waals surface area contributed by atoms with Crippen molar-refractivity contribution in [2.24, 2.45) is 5.92 Å². The number of nitrogens with zero attached hydrogens (tertiary/aromatic N) is 2. The highest BCUT2D eigenvalue weighted by Crippen LogP contribution is 2.36. The lowest BCUT2D eigenvalue weighted by atomic mass is 10.1. The molecule has 4 heteroatoms. The largest absolute Gasteiger partial charge is 0.477 e. The summed E-state index contributed by atoms with van der Waals surface area (Å²) in [5, 5.41) is 8.94. The fourth-order valence-corrected chi connectivity index (χ4v) is 2.33. The van der Waals surface area contributed by atoms with Gasteiger partial charge in [-0.3, -0.25) is 0 Å². The third-order valence-corrected chi connectivity index (χ3v) is 3.15. The molecule has 1 aliphatic carbocycles. The standard InChI is InChI=1S/C12H16N2O2/c1-7-3-4-9(5-7)11-13-8(2)6-10(14-11)12(15)16/h6-7,9H,3-5H2,1-2H3,(H,15,16). The topological polar surface area (TPSA) is 63.1 Å². The molecule has 0 spiro atoms. The average Bonchev–Trinajstić information content (AvgIpc) is 2.64. The van der Waals surface area contributed by atoms with Gasteiger partial charge in [0.1, 0.15) is 5.82 Å². The SMILES string of the molecule is Cc1cc(C(=O)O)nc(C2CCC(C)C2)n1. The predicted octanol–water partition coefficient (Wildman–Crippen LogP) is 2.39. The minimum atomic E-state index is -0.974. The molecule has 2 atom stereocenters. The number of carboxylic acid groups (broad SMARTS) is 1. The number of aryl methyl sites for hydroxylation is 1. The van der Waals surface area contributed by atoms with Gasteiger partial charge in [0, 0.05) is 11.6 Å². The molecule has 4 nitrogen and oxygen atoms in total. The second-order valence-electron chi connectivity index (χ2n) is 4.67. The normalized spacial score (nSPS) is 24.6. The Labute approximate surface area is 94.7 Å². The van der Waals surface area contributed by atoms with Crippen molar-refractivity contribution in [2.45, 2.75) is 39.0 Å². The van der Waals surface area contributed by atoms with E-state index in [9.17, 15) is 4.79 Å². The molecule has 0 amide bonds. The first-order valence-electron chi connectivity index (χ1n) is 5.65. The second kappa shape index (κ2) is 4.20. The molecule has 1 aromatic heterocycles. The molecule has 0 bridgehead atoms. The average molecular weight is 220 g/mol. The van der Waals surface area contributed by atoms with Gasteiger partial charge < -0.3 is 5.11 Å². The van der Waals surface area contributed by atoms with Crippen LogP contribution < -0.4 is 0 Å². The summed E-state index contributed by atoms with van der Waals surface area (Å²) in [7, 11) is 0. The van der Waals surface area contributed by atoms with Crippen LogP contribution in [0.5, 0.6) is 0 Å². The number of carbonyl (C=O) groups is 1. The van der Waals surface area contributed by atoms with Gasteiger partial charge in [-0.25, -0.2) is 14.8 Å². The molecule has 16 heavy (non-hydrogen) atoms. The molecular formula is C12H16N2O2. The van der Waals surface area contributed by atoms with E-state index in [-0.39, 0.29) is 5.69 Å². The monoisotopic (exact) mass is 220 g/mol. The number of hydrogen-bond acceptors (Lipinski definition) is 3. The summed E-state index contributed by atoms with van der Waals surface area (Å²) in [4.78, 5) is 19.4. The first-order chi connectivity index (χ1) is 7.56. The molecule has 0 radical (unpaired) electrons. The van der Waals surface area contributed by atoms with Crippen LogP contribution in [-0.2, 0) is 0 Å². The van der Waals surface area contributed by atoms with Crippen LogP contribution in [0.1, 0.15) is 54.1 Å². The maximum Gasteiger partial charge on any atom is 0.354 e. The van der Waals surface area contributed by atoms with Gasteiger partial charge in [-0.1, -0.05) is 6.92 Å². The van der Waals surface area contributed by atoms with Gasteiger partial charge in [-0.15, -0.1) is 0 Å². The molecule has 1 N–H and O–H groups in total. The van der Waals surface area contributed by atoms with Crippen molar-refractivity contribution in [2.75, 3.05) is 0 Å². The summed E-state index contributed by atoms with van der Waals surface area (Å²) < 4.78 is 0. The van der Waals surface area contributed by atoms with Crippen molar-refractivity contribution in [1.82, 2.24) is 9.97 Å². The van der Waals surface area contributed by atoms with Crippen molar-refractivity contribution in [3.05, 3.63) is 23.3 Å². The lowest BCUT2D eigenvalue weighted by Gasteiger charge is -2.09. The van der Waals surface area contributed by atoms with E-state index < -0.39 is 5.97 Å². The van der Waals surface area contributed by atoms with Crippen molar-refractivity contribution in [3.8, 4) is 0 Å². The highest BCUT2D eigenvalue weighted by atomic mass is 16.4. The van der Waals surface area contributed by atoms with Gasteiger partial charge in [0.15, 0.2) is 5.69 Å². The van der Waals surface area contributed by atoms with Crippen LogP contribution in [-0.4, -0.2) is 21.0 Å². The maximum atomic E-state index is 10.9. The van der Waals surface area contributed by atoms with Gasteiger partial charge in [0.25, 0.3) is 0 Å². The number of hydrogen-bond donors (Lipinski definition) is 1. The molecule has 2 rings (SSSR count). The van der Waals surface area contributed by atoms with Gasteiger partial charge in [-0.2, -0.15) is 0 Å². The Balaban J connectivity index is 2.30. The van der Waals surface area contributed by atoms with Crippen molar-refractivity contribution in [3.63, 3.8) is 0 Å². The summed E-state index contributed by atoms with van der Waals surface area (Å²) >= 11 is 0. The highest BCUT2D eigenvalue weighted by molar-refractivity contribution is 5.85. The van der Waals surface area contributed by atoms with Gasteiger partial charge >= 0.3 is 5.97 Å². The highest BCUT2D eigenvalue weighted by Gasteiger charge is 2.25. The fraction of sp³-hybridized carbons (Fsp3) is 0.583. The van der Waals surface area contributed by atoms with E-state index in [1.165, 1.54) is 12.5 Å². The zero-order chi connectivity index (χ0) is 11.7. The molecule has 1 fully saturated rings. The van der Waals surface area contributed by atoms with Crippen molar-refractivity contribution in [1.29, 1.82) is 0 Å². The lowest BCUT2D eigenvalue weighted by molar-refractivity contribution is 0.0689. The molecule has 1 saturated carbocycles. The number of aromatic nitrogens is 2. The van der Waals surface area contributed by atoms with Crippen LogP contribution in [0.4, 0.5) is 0 Å². The maximum absolute atomic E-state index is 10.9. The van der Waals surface area contributed by atoms with Gasteiger partial charge in [-0.05, 0) is 38.2 Å². The lowest BCUT2D eigenvalue weighted by Crippen LogP contribution is -2.09. The van der Waals surface area contributed by atoms with Crippen LogP contribution in [0, 0.1) is 12.8 Å². The predicted molar refractivity (Wildman–Crippen MR) is 59.5 cm³/mol. The van der Waals surface area contributed by atoms with E-state index in [0.717, 1.165) is 18.5 Å². The van der Waals surface area contributed by atoms with E-state index >= 15 is 0 Å². The quantitative estimate of drug-likeness (QED) is 0.831. The summed E-state index contributed by atoms with van der Waals surface area (Å²) in [6.07, 6.45) is 3.33. The summed E-state index contributed by atoms with van der Waals surface area (Å²) in [5.74, 6) is 0.773. The third-order valence-electron chi connectivity index (χ3n) is 3.15. The summed E-state index contributed by atoms with van der Waals surface area (Å²) in [6.45, 7) is 4.03. The molecule has 0 saturated heterocycles. The molecule has 1 heterocycles. The molecule has 0 aromatic carbocycles. The van der Waals surface area contributed by atoms with E-state index in [4.69, 9.17) is 5.11 Å². The van der Waals surface area contributed by atoms with Crippen LogP contribution in [0.3, 0.4) is 0 Å². The van der Waals surface area contributed by atoms with Gasteiger partial charge in [0.05, 0.1) is 0 Å². The summed E-state index contributed by atoms with van der Waals surface area (Å²) in [5.41, 5.74) is 0.851. The first kappa shape index (κ1) is 11.0. The molecule has 0 aliphatic heterocycles. The van der Waals surface area contributed by atoms with Gasteiger partial charge in [0.2, 0.25) is 0 Å². The van der Waals surface area contributed by atoms with E-state index in [0.29, 0.717) is 17.7 Å². The zero-order valence-electron chi connectivity index (χ0n) is 9.60. The Hall–Kier alpha value is -1.45. The second-order valence-corrected chi connectivity index (χ2v) is 4.67. The summed E-state index contributed by atoms with van der Waals surface area (Å²) in [6, 6.07) is 1.52. The third kappa shape index (κ3) is 2.21. The fourth-order valence-electron chi connectivity index (χ4n) is 2.33. The Morgan fingerprint density at radius 2 is 2.19 bits per heavy atom. The first-order valence-corrected chi connectivity index (χ1v) is 5.65. The van der Waals surface area contributed by atoms with Crippen LogP contribution in [0.2, 0.25) is 0 Å². The Bertz CT molecular complexity index is 417. The van der Waals surface area contributed by atoms with Crippen molar-refractivity contribution >= 4 is 5.97 Å². The van der Waals surface area contributed by atoms with Crippen LogP contribution in [0.25, 0.3) is 0 Å². The zero-order valence-corrected chi connectivity index (χ0v) is 9.60. The number of carboxylic acids is 1.